The van der Waals surface area contributed by atoms with Crippen molar-refractivity contribution in [2.75, 3.05) is 0 Å². The number of aliphatic hydroxyl groups is 3. The minimum absolute atomic E-state index is 0.0474. The minimum atomic E-state index is -0.905. The molecule has 0 aliphatic heterocycles. The summed E-state index contributed by atoms with van der Waals surface area (Å²) < 4.78 is 0. The molecule has 0 aromatic heterocycles. The first kappa shape index (κ1) is 23.1. The number of hydrogen-bond acceptors (Lipinski definition) is 3. The van der Waals surface area contributed by atoms with Crippen molar-refractivity contribution < 1.29 is 15.3 Å². The van der Waals surface area contributed by atoms with E-state index < -0.39 is 17.8 Å². The second-order valence-electron chi connectivity index (χ2n) is 10.2. The highest BCUT2D eigenvalue weighted by Gasteiger charge is 2.49. The summed E-state index contributed by atoms with van der Waals surface area (Å²) in [4.78, 5) is 0. The summed E-state index contributed by atoms with van der Waals surface area (Å²) in [5.41, 5.74) is 3.26. The fourth-order valence-electron chi connectivity index (χ4n) is 5.64. The Morgan fingerprint density at radius 2 is 2.07 bits per heavy atom. The molecule has 0 aromatic rings. The van der Waals surface area contributed by atoms with Gasteiger partial charge >= 0.3 is 0 Å². The molecule has 2 saturated carbocycles. The molecule has 3 N–H and O–H groups in total. The van der Waals surface area contributed by atoms with Gasteiger partial charge in [-0.1, -0.05) is 57.1 Å². The molecule has 0 heterocycles. The Kier molecular flexibility index (Phi) is 6.82. The van der Waals surface area contributed by atoms with Crippen molar-refractivity contribution in [2.24, 2.45) is 17.3 Å². The minimum Gasteiger partial charge on any atom is -0.393 e. The van der Waals surface area contributed by atoms with Crippen molar-refractivity contribution in [3.05, 3.63) is 47.1 Å². The summed E-state index contributed by atoms with van der Waals surface area (Å²) in [5, 5.41) is 31.4. The van der Waals surface area contributed by atoms with Crippen molar-refractivity contribution in [1.29, 1.82) is 0 Å². The molecule has 0 bridgehead atoms. The third-order valence-electron chi connectivity index (χ3n) is 7.22. The first-order valence-electron chi connectivity index (χ1n) is 11.4. The van der Waals surface area contributed by atoms with Crippen LogP contribution in [-0.2, 0) is 0 Å². The van der Waals surface area contributed by atoms with Crippen LogP contribution in [0.4, 0.5) is 0 Å². The maximum Gasteiger partial charge on any atom is 0.0943 e. The van der Waals surface area contributed by atoms with Crippen LogP contribution >= 0.6 is 0 Å². The van der Waals surface area contributed by atoms with Crippen LogP contribution in [0.3, 0.4) is 0 Å². The quantitative estimate of drug-likeness (QED) is 0.460. The van der Waals surface area contributed by atoms with Gasteiger partial charge in [0.15, 0.2) is 0 Å². The number of allylic oxidation sites excluding steroid dienone is 4. The van der Waals surface area contributed by atoms with Gasteiger partial charge in [0.25, 0.3) is 0 Å². The van der Waals surface area contributed by atoms with E-state index in [-0.39, 0.29) is 5.41 Å². The Morgan fingerprint density at radius 1 is 1.33 bits per heavy atom. The standard InChI is InChI=1S/C27H38O3/c1-18(2)8-6-15-27(5,30)25-13-12-23-20(9-7-14-26(23,25)4)10-11-21-16-22(28)17-24(29)19(21)3/h10-11,13,18,22-24,28-30H,3,7,9,12,14-17H2,1-2,4-5H3/b20-10+,21-11-/t22-,23+,24+,26+,27+/m1/s1. The molecule has 0 amide bonds. The SMILES string of the molecule is C=C1/C(=C\C=C2/CCC[C@]3(C)C([C@@](C)(O)CC#CC(C)C)=CC[C@@H]23)C[C@@H](O)C[C@@H]1O. The molecular formula is C27H38O3. The zero-order valence-electron chi connectivity index (χ0n) is 19.0. The van der Waals surface area contributed by atoms with E-state index in [0.29, 0.717) is 31.1 Å². The molecule has 0 aromatic carbocycles. The summed E-state index contributed by atoms with van der Waals surface area (Å²) in [6, 6.07) is 0. The lowest BCUT2D eigenvalue weighted by atomic mass is 9.61. The maximum absolute atomic E-state index is 11.3. The van der Waals surface area contributed by atoms with Gasteiger partial charge in [0, 0.05) is 18.8 Å². The third kappa shape index (κ3) is 4.67. The van der Waals surface area contributed by atoms with E-state index in [0.717, 1.165) is 42.4 Å². The predicted molar refractivity (Wildman–Crippen MR) is 123 cm³/mol. The van der Waals surface area contributed by atoms with Gasteiger partial charge in [0.05, 0.1) is 17.8 Å². The second-order valence-corrected chi connectivity index (χ2v) is 10.2. The Bertz CT molecular complexity index is 830. The number of rotatable bonds is 3. The van der Waals surface area contributed by atoms with E-state index in [1.807, 2.05) is 6.92 Å². The number of aliphatic hydroxyl groups excluding tert-OH is 2. The molecule has 3 heteroatoms. The van der Waals surface area contributed by atoms with Gasteiger partial charge in [0.1, 0.15) is 0 Å². The summed E-state index contributed by atoms with van der Waals surface area (Å²) >= 11 is 0. The largest absolute Gasteiger partial charge is 0.393 e. The monoisotopic (exact) mass is 410 g/mol. The van der Waals surface area contributed by atoms with E-state index in [1.165, 1.54) is 5.57 Å². The molecule has 3 aliphatic carbocycles. The lowest BCUT2D eigenvalue weighted by Gasteiger charge is -2.44. The topological polar surface area (TPSA) is 60.7 Å². The van der Waals surface area contributed by atoms with E-state index in [1.54, 1.807) is 0 Å². The lowest BCUT2D eigenvalue weighted by Crippen LogP contribution is -2.40. The molecule has 2 fully saturated rings. The van der Waals surface area contributed by atoms with Gasteiger partial charge in [-0.05, 0) is 67.1 Å². The van der Waals surface area contributed by atoms with Crippen LogP contribution in [0.1, 0.15) is 72.6 Å². The molecule has 0 unspecified atom stereocenters. The first-order valence-corrected chi connectivity index (χ1v) is 11.4. The molecule has 0 saturated heterocycles. The van der Waals surface area contributed by atoms with Crippen molar-refractivity contribution in [3.8, 4) is 11.8 Å². The lowest BCUT2D eigenvalue weighted by molar-refractivity contribution is 0.0664. The summed E-state index contributed by atoms with van der Waals surface area (Å²) in [6.07, 6.45) is 10.9. The summed E-state index contributed by atoms with van der Waals surface area (Å²) in [5.74, 6) is 7.06. The Hall–Kier alpha value is -1.60. The van der Waals surface area contributed by atoms with Crippen LogP contribution in [0, 0.1) is 29.1 Å². The Balaban J connectivity index is 1.82. The highest BCUT2D eigenvalue weighted by Crippen LogP contribution is 2.57. The van der Waals surface area contributed by atoms with E-state index in [9.17, 15) is 15.3 Å². The van der Waals surface area contributed by atoms with E-state index >= 15 is 0 Å². The van der Waals surface area contributed by atoms with Crippen LogP contribution in [0.2, 0.25) is 0 Å². The van der Waals surface area contributed by atoms with Gasteiger partial charge in [-0.3, -0.25) is 0 Å². The molecule has 5 atom stereocenters. The Morgan fingerprint density at radius 3 is 2.77 bits per heavy atom. The van der Waals surface area contributed by atoms with Gasteiger partial charge in [-0.25, -0.2) is 0 Å². The molecule has 164 valence electrons. The van der Waals surface area contributed by atoms with Crippen LogP contribution in [0.25, 0.3) is 0 Å². The average Bonchev–Trinajstić information content (AvgIpc) is 3.01. The van der Waals surface area contributed by atoms with Gasteiger partial charge in [-0.2, -0.15) is 0 Å². The zero-order chi connectivity index (χ0) is 22.1. The number of fused-ring (bicyclic) bond motifs is 1. The maximum atomic E-state index is 11.3. The first-order chi connectivity index (χ1) is 14.0. The van der Waals surface area contributed by atoms with Crippen LogP contribution in [0.15, 0.2) is 47.1 Å². The fourth-order valence-corrected chi connectivity index (χ4v) is 5.64. The molecule has 0 spiro atoms. The molecule has 3 rings (SSSR count). The van der Waals surface area contributed by atoms with E-state index in [2.05, 4.69) is 57.4 Å². The van der Waals surface area contributed by atoms with Crippen LogP contribution in [-0.4, -0.2) is 33.1 Å². The predicted octanol–water partition coefficient (Wildman–Crippen LogP) is 4.85. The fraction of sp³-hybridized carbons (Fsp3) is 0.630. The van der Waals surface area contributed by atoms with Crippen molar-refractivity contribution in [2.45, 2.75) is 90.4 Å². The highest BCUT2D eigenvalue weighted by molar-refractivity contribution is 5.41. The van der Waals surface area contributed by atoms with Crippen molar-refractivity contribution >= 4 is 0 Å². The van der Waals surface area contributed by atoms with Gasteiger partial charge in [0.2, 0.25) is 0 Å². The Labute approximate surface area is 182 Å². The average molecular weight is 411 g/mol. The third-order valence-corrected chi connectivity index (χ3v) is 7.22. The molecule has 3 aliphatic rings. The molecule has 30 heavy (non-hydrogen) atoms. The van der Waals surface area contributed by atoms with Crippen molar-refractivity contribution in [1.82, 2.24) is 0 Å². The molecular weight excluding hydrogens is 372 g/mol. The van der Waals surface area contributed by atoms with Crippen LogP contribution < -0.4 is 0 Å². The zero-order valence-corrected chi connectivity index (χ0v) is 19.0. The van der Waals surface area contributed by atoms with E-state index in [4.69, 9.17) is 0 Å². The number of hydrogen-bond donors (Lipinski definition) is 3. The molecule has 3 nitrogen and oxygen atoms in total. The van der Waals surface area contributed by atoms with Gasteiger partial charge in [-0.15, -0.1) is 5.92 Å². The summed E-state index contributed by atoms with van der Waals surface area (Å²) in [7, 11) is 0. The highest BCUT2D eigenvalue weighted by atomic mass is 16.3. The second kappa shape index (κ2) is 8.87. The molecule has 0 radical (unpaired) electrons. The summed E-state index contributed by atoms with van der Waals surface area (Å²) in [6.45, 7) is 12.4. The smallest absolute Gasteiger partial charge is 0.0943 e. The van der Waals surface area contributed by atoms with Crippen molar-refractivity contribution in [3.63, 3.8) is 0 Å². The van der Waals surface area contributed by atoms with Gasteiger partial charge < -0.3 is 15.3 Å². The normalized spacial score (nSPS) is 36.3. The van der Waals surface area contributed by atoms with Crippen LogP contribution in [0.5, 0.6) is 0 Å².